The maximum Gasteiger partial charge on any atom is 0.176 e. The summed E-state index contributed by atoms with van der Waals surface area (Å²) in [4.78, 5) is 12.4. The molecule has 2 heteroatoms. The molecule has 1 aliphatic rings. The summed E-state index contributed by atoms with van der Waals surface area (Å²) < 4.78 is 0. The van der Waals surface area contributed by atoms with Gasteiger partial charge in [-0.15, -0.1) is 11.8 Å². The van der Waals surface area contributed by atoms with Crippen LogP contribution in [-0.2, 0) is 5.75 Å². The first-order valence-electron chi connectivity index (χ1n) is 5.77. The molecule has 1 atom stereocenters. The predicted octanol–water partition coefficient (Wildman–Crippen LogP) is 3.76. The molecule has 0 amide bonds. The summed E-state index contributed by atoms with van der Waals surface area (Å²) in [6.45, 7) is 8.41. The van der Waals surface area contributed by atoms with Crippen molar-refractivity contribution in [1.29, 1.82) is 0 Å². The first-order valence-corrected chi connectivity index (χ1v) is 6.82. The largest absolute Gasteiger partial charge is 0.293 e. The fourth-order valence-electron chi connectivity index (χ4n) is 2.28. The van der Waals surface area contributed by atoms with Crippen molar-refractivity contribution in [2.75, 3.05) is 0 Å². The third kappa shape index (κ3) is 1.80. The number of carbonyl (C=O) groups is 1. The minimum absolute atomic E-state index is 0.146. The van der Waals surface area contributed by atoms with Gasteiger partial charge in [-0.25, -0.2) is 0 Å². The van der Waals surface area contributed by atoms with E-state index in [-0.39, 0.29) is 5.25 Å². The fraction of sp³-hybridized carbons (Fsp3) is 0.500. The van der Waals surface area contributed by atoms with Gasteiger partial charge in [-0.3, -0.25) is 4.79 Å². The van der Waals surface area contributed by atoms with Gasteiger partial charge in [0.2, 0.25) is 0 Å². The Morgan fingerprint density at radius 1 is 1.25 bits per heavy atom. The average Bonchev–Trinajstić information content (AvgIpc) is 2.23. The van der Waals surface area contributed by atoms with Gasteiger partial charge in [0.15, 0.2) is 5.78 Å². The molecule has 0 bridgehead atoms. The van der Waals surface area contributed by atoms with E-state index in [1.54, 1.807) is 11.8 Å². The smallest absolute Gasteiger partial charge is 0.176 e. The van der Waals surface area contributed by atoms with Gasteiger partial charge in [0.05, 0.1) is 5.25 Å². The van der Waals surface area contributed by atoms with Gasteiger partial charge in [-0.2, -0.15) is 0 Å². The lowest BCUT2D eigenvalue weighted by Gasteiger charge is -2.28. The summed E-state index contributed by atoms with van der Waals surface area (Å²) >= 11 is 1.80. The van der Waals surface area contributed by atoms with E-state index in [9.17, 15) is 4.79 Å². The summed E-state index contributed by atoms with van der Waals surface area (Å²) in [5.41, 5.74) is 4.64. The Bertz CT molecular complexity index is 435. The Hall–Kier alpha value is -0.760. The van der Waals surface area contributed by atoms with Gasteiger partial charge < -0.3 is 0 Å². The highest BCUT2D eigenvalue weighted by Gasteiger charge is 2.31. The van der Waals surface area contributed by atoms with Gasteiger partial charge in [0.25, 0.3) is 0 Å². The highest BCUT2D eigenvalue weighted by molar-refractivity contribution is 8.00. The Kier molecular flexibility index (Phi) is 3.11. The molecule has 1 unspecified atom stereocenters. The van der Waals surface area contributed by atoms with Gasteiger partial charge in [0.1, 0.15) is 0 Å². The highest BCUT2D eigenvalue weighted by atomic mass is 32.2. The quantitative estimate of drug-likeness (QED) is 0.736. The number of Topliss-reactive ketones (excluding diaryl/α,β-unsaturated/α-hetero) is 1. The first-order chi connectivity index (χ1) is 7.52. The number of hydrogen-bond donors (Lipinski definition) is 0. The average molecular weight is 234 g/mol. The minimum atomic E-state index is 0.146. The van der Waals surface area contributed by atoms with E-state index in [2.05, 4.69) is 32.9 Å². The molecule has 1 aromatic carbocycles. The van der Waals surface area contributed by atoms with Crippen LogP contribution in [0.15, 0.2) is 12.1 Å². The number of carbonyl (C=O) groups excluding carboxylic acids is 1. The summed E-state index contributed by atoms with van der Waals surface area (Å²) in [6, 6.07) is 4.19. The zero-order valence-corrected chi connectivity index (χ0v) is 11.1. The molecule has 0 fully saturated rings. The molecule has 1 nitrogen and oxygen atoms in total. The molecule has 86 valence electrons. The van der Waals surface area contributed by atoms with Crippen molar-refractivity contribution in [2.45, 2.75) is 38.7 Å². The van der Waals surface area contributed by atoms with Crippen LogP contribution < -0.4 is 0 Å². The van der Waals surface area contributed by atoms with E-state index in [0.29, 0.717) is 11.7 Å². The van der Waals surface area contributed by atoms with E-state index in [0.717, 1.165) is 16.9 Å². The van der Waals surface area contributed by atoms with Crippen molar-refractivity contribution in [3.8, 4) is 0 Å². The van der Waals surface area contributed by atoms with Crippen molar-refractivity contribution in [1.82, 2.24) is 0 Å². The Morgan fingerprint density at radius 2 is 1.88 bits per heavy atom. The van der Waals surface area contributed by atoms with Crippen LogP contribution >= 0.6 is 11.8 Å². The second-order valence-electron chi connectivity index (χ2n) is 4.89. The van der Waals surface area contributed by atoms with Crippen LogP contribution in [0.25, 0.3) is 0 Å². The summed E-state index contributed by atoms with van der Waals surface area (Å²) in [6.07, 6.45) is 0. The zero-order chi connectivity index (χ0) is 11.9. The number of benzene rings is 1. The molecule has 0 radical (unpaired) electrons. The van der Waals surface area contributed by atoms with Gasteiger partial charge in [0, 0.05) is 11.3 Å². The molecular weight excluding hydrogens is 216 g/mol. The summed E-state index contributed by atoms with van der Waals surface area (Å²) in [5, 5.41) is 0.146. The van der Waals surface area contributed by atoms with Crippen LogP contribution in [0.5, 0.6) is 0 Å². The molecule has 1 aliphatic heterocycles. The molecule has 16 heavy (non-hydrogen) atoms. The number of rotatable bonds is 1. The minimum Gasteiger partial charge on any atom is -0.293 e. The lowest BCUT2D eigenvalue weighted by atomic mass is 9.90. The Labute approximate surface area is 102 Å². The maximum absolute atomic E-state index is 12.4. The molecular formula is C14H18OS. The van der Waals surface area contributed by atoms with Crippen molar-refractivity contribution in [3.63, 3.8) is 0 Å². The summed E-state index contributed by atoms with van der Waals surface area (Å²) in [7, 11) is 0. The Morgan fingerprint density at radius 3 is 2.50 bits per heavy atom. The fourth-order valence-corrected chi connectivity index (χ4v) is 3.66. The second kappa shape index (κ2) is 4.25. The molecule has 2 rings (SSSR count). The van der Waals surface area contributed by atoms with Crippen LogP contribution in [0.4, 0.5) is 0 Å². The van der Waals surface area contributed by atoms with E-state index >= 15 is 0 Å². The van der Waals surface area contributed by atoms with Crippen molar-refractivity contribution < 1.29 is 4.79 Å². The number of fused-ring (bicyclic) bond motifs is 1. The Balaban J connectivity index is 2.52. The van der Waals surface area contributed by atoms with Crippen LogP contribution in [0.1, 0.15) is 40.9 Å². The number of hydrogen-bond acceptors (Lipinski definition) is 2. The maximum atomic E-state index is 12.4. The molecule has 0 N–H and O–H groups in total. The van der Waals surface area contributed by atoms with Gasteiger partial charge >= 0.3 is 0 Å². The first kappa shape index (κ1) is 11.7. The monoisotopic (exact) mass is 234 g/mol. The molecule has 0 aromatic heterocycles. The van der Waals surface area contributed by atoms with Crippen molar-refractivity contribution >= 4 is 17.5 Å². The van der Waals surface area contributed by atoms with Crippen LogP contribution in [0.2, 0.25) is 0 Å². The van der Waals surface area contributed by atoms with E-state index in [4.69, 9.17) is 0 Å². The van der Waals surface area contributed by atoms with Gasteiger partial charge in [-0.1, -0.05) is 26.0 Å². The van der Waals surface area contributed by atoms with Crippen LogP contribution in [0, 0.1) is 19.8 Å². The van der Waals surface area contributed by atoms with Gasteiger partial charge in [-0.05, 0) is 36.5 Å². The predicted molar refractivity (Wildman–Crippen MR) is 70.2 cm³/mol. The topological polar surface area (TPSA) is 17.1 Å². The number of aryl methyl sites for hydroxylation is 2. The molecule has 0 aliphatic carbocycles. The van der Waals surface area contributed by atoms with Crippen molar-refractivity contribution in [3.05, 3.63) is 34.4 Å². The number of ketones is 1. The zero-order valence-electron chi connectivity index (χ0n) is 10.3. The summed E-state index contributed by atoms with van der Waals surface area (Å²) in [5.74, 6) is 1.74. The van der Waals surface area contributed by atoms with Crippen molar-refractivity contribution in [2.24, 2.45) is 5.92 Å². The lowest BCUT2D eigenvalue weighted by Crippen LogP contribution is -2.29. The molecule has 1 aromatic rings. The van der Waals surface area contributed by atoms with E-state index in [1.165, 1.54) is 11.1 Å². The lowest BCUT2D eigenvalue weighted by molar-refractivity contribution is 0.0972. The second-order valence-corrected chi connectivity index (χ2v) is 6.02. The SMILES string of the molecule is Cc1ccc(C)c2c1CSC(C(C)C)C2=O. The van der Waals surface area contributed by atoms with E-state index < -0.39 is 0 Å². The third-order valence-corrected chi connectivity index (χ3v) is 4.85. The molecule has 0 spiro atoms. The highest BCUT2D eigenvalue weighted by Crippen LogP contribution is 2.36. The molecule has 0 saturated heterocycles. The van der Waals surface area contributed by atoms with E-state index in [1.807, 2.05) is 6.92 Å². The molecule has 0 saturated carbocycles. The standard InChI is InChI=1S/C14H18OS/c1-8(2)14-13(15)12-10(4)6-5-9(3)11(12)7-16-14/h5-6,8,14H,7H2,1-4H3. The normalized spacial score (nSPS) is 20.1. The van der Waals surface area contributed by atoms with Crippen LogP contribution in [-0.4, -0.2) is 11.0 Å². The third-order valence-electron chi connectivity index (χ3n) is 3.27. The molecule has 1 heterocycles. The van der Waals surface area contributed by atoms with Crippen LogP contribution in [0.3, 0.4) is 0 Å². The number of thioether (sulfide) groups is 1.